The van der Waals surface area contributed by atoms with E-state index in [4.69, 9.17) is 5.11 Å². The van der Waals surface area contributed by atoms with Gasteiger partial charge in [-0.05, 0) is 20.3 Å². The van der Waals surface area contributed by atoms with Gasteiger partial charge in [0.1, 0.15) is 5.41 Å². The SMILES string of the molecule is CC1=CC(C)(C(=O)O)C=CC1. The van der Waals surface area contributed by atoms with Crippen LogP contribution in [0.25, 0.3) is 0 Å². The molecule has 60 valence electrons. The van der Waals surface area contributed by atoms with E-state index in [0.29, 0.717) is 0 Å². The molecule has 0 aromatic heterocycles. The molecule has 2 heteroatoms. The number of hydrogen-bond acceptors (Lipinski definition) is 1. The zero-order valence-corrected chi connectivity index (χ0v) is 6.79. The minimum absolute atomic E-state index is 0.775. The first-order valence-corrected chi connectivity index (χ1v) is 3.64. The van der Waals surface area contributed by atoms with E-state index in [9.17, 15) is 4.79 Å². The first kappa shape index (κ1) is 8.05. The molecule has 0 radical (unpaired) electrons. The molecule has 0 spiro atoms. The second-order valence-electron chi connectivity index (χ2n) is 3.19. The molecule has 1 aliphatic carbocycles. The Kier molecular flexibility index (Phi) is 1.85. The van der Waals surface area contributed by atoms with Gasteiger partial charge in [-0.3, -0.25) is 4.79 Å². The lowest BCUT2D eigenvalue weighted by Crippen LogP contribution is -2.24. The number of aliphatic carboxylic acids is 1. The lowest BCUT2D eigenvalue weighted by atomic mass is 9.84. The Balaban J connectivity index is 2.94. The van der Waals surface area contributed by atoms with Gasteiger partial charge in [0.25, 0.3) is 0 Å². The van der Waals surface area contributed by atoms with Gasteiger partial charge in [-0.25, -0.2) is 0 Å². The summed E-state index contributed by atoms with van der Waals surface area (Å²) in [5.74, 6) is -0.784. The Labute approximate surface area is 66.2 Å². The molecule has 0 saturated carbocycles. The van der Waals surface area contributed by atoms with Gasteiger partial charge in [-0.15, -0.1) is 0 Å². The smallest absolute Gasteiger partial charge is 0.317 e. The fourth-order valence-corrected chi connectivity index (χ4v) is 1.24. The molecule has 0 bridgehead atoms. The van der Waals surface area contributed by atoms with Crippen molar-refractivity contribution in [1.82, 2.24) is 0 Å². The van der Waals surface area contributed by atoms with Crippen molar-refractivity contribution in [2.24, 2.45) is 5.41 Å². The first-order valence-electron chi connectivity index (χ1n) is 3.64. The van der Waals surface area contributed by atoms with Crippen molar-refractivity contribution in [3.63, 3.8) is 0 Å². The number of allylic oxidation sites excluding steroid dienone is 2. The van der Waals surface area contributed by atoms with Crippen molar-refractivity contribution in [1.29, 1.82) is 0 Å². The second kappa shape index (κ2) is 2.53. The maximum absolute atomic E-state index is 10.7. The van der Waals surface area contributed by atoms with E-state index in [2.05, 4.69) is 0 Å². The van der Waals surface area contributed by atoms with Crippen LogP contribution in [-0.2, 0) is 4.79 Å². The summed E-state index contributed by atoms with van der Waals surface area (Å²) >= 11 is 0. The van der Waals surface area contributed by atoms with Crippen molar-refractivity contribution in [3.05, 3.63) is 23.8 Å². The summed E-state index contributed by atoms with van der Waals surface area (Å²) in [4.78, 5) is 10.7. The van der Waals surface area contributed by atoms with Crippen molar-refractivity contribution in [2.45, 2.75) is 20.3 Å². The molecule has 0 aliphatic heterocycles. The van der Waals surface area contributed by atoms with Crippen LogP contribution in [0.5, 0.6) is 0 Å². The summed E-state index contributed by atoms with van der Waals surface area (Å²) in [6, 6.07) is 0. The Morgan fingerprint density at radius 2 is 2.36 bits per heavy atom. The van der Waals surface area contributed by atoms with Gasteiger partial charge in [0, 0.05) is 0 Å². The zero-order valence-electron chi connectivity index (χ0n) is 6.79. The van der Waals surface area contributed by atoms with Crippen LogP contribution in [0.1, 0.15) is 20.3 Å². The van der Waals surface area contributed by atoms with Gasteiger partial charge in [-0.2, -0.15) is 0 Å². The monoisotopic (exact) mass is 152 g/mol. The number of rotatable bonds is 1. The fourth-order valence-electron chi connectivity index (χ4n) is 1.24. The van der Waals surface area contributed by atoms with Crippen LogP contribution in [0.15, 0.2) is 23.8 Å². The Morgan fingerprint density at radius 3 is 2.73 bits per heavy atom. The summed E-state index contributed by atoms with van der Waals surface area (Å²) in [5, 5.41) is 8.82. The molecule has 1 atom stereocenters. The maximum atomic E-state index is 10.7. The van der Waals surface area contributed by atoms with Crippen LogP contribution < -0.4 is 0 Å². The first-order chi connectivity index (χ1) is 5.04. The second-order valence-corrected chi connectivity index (χ2v) is 3.19. The third-order valence-electron chi connectivity index (χ3n) is 1.91. The molecule has 1 N–H and O–H groups in total. The molecule has 0 saturated heterocycles. The lowest BCUT2D eigenvalue weighted by Gasteiger charge is -2.20. The van der Waals surface area contributed by atoms with Gasteiger partial charge in [0.05, 0.1) is 0 Å². The largest absolute Gasteiger partial charge is 0.480 e. The average Bonchev–Trinajstić information content (AvgIpc) is 1.86. The summed E-state index contributed by atoms with van der Waals surface area (Å²) in [7, 11) is 0. The van der Waals surface area contributed by atoms with E-state index in [-0.39, 0.29) is 0 Å². The highest BCUT2D eigenvalue weighted by atomic mass is 16.4. The van der Waals surface area contributed by atoms with Crippen LogP contribution in [0, 0.1) is 5.41 Å². The third kappa shape index (κ3) is 1.50. The molecular formula is C9H12O2. The van der Waals surface area contributed by atoms with E-state index in [0.717, 1.165) is 12.0 Å². The van der Waals surface area contributed by atoms with Crippen LogP contribution >= 0.6 is 0 Å². The average molecular weight is 152 g/mol. The maximum Gasteiger partial charge on any atom is 0.317 e. The number of hydrogen-bond donors (Lipinski definition) is 1. The molecule has 11 heavy (non-hydrogen) atoms. The summed E-state index contributed by atoms with van der Waals surface area (Å²) in [6.07, 6.45) is 6.32. The van der Waals surface area contributed by atoms with Crippen molar-refractivity contribution in [2.75, 3.05) is 0 Å². The van der Waals surface area contributed by atoms with Crippen molar-refractivity contribution >= 4 is 5.97 Å². The molecule has 1 rings (SSSR count). The van der Waals surface area contributed by atoms with Crippen molar-refractivity contribution in [3.8, 4) is 0 Å². The quantitative estimate of drug-likeness (QED) is 0.583. The van der Waals surface area contributed by atoms with Gasteiger partial charge in [0.2, 0.25) is 0 Å². The minimum Gasteiger partial charge on any atom is -0.480 e. The Bertz CT molecular complexity index is 238. The third-order valence-corrected chi connectivity index (χ3v) is 1.91. The number of carboxylic acids is 1. The zero-order chi connectivity index (χ0) is 8.48. The predicted octanol–water partition coefficient (Wildman–Crippen LogP) is 1.98. The van der Waals surface area contributed by atoms with Crippen LogP contribution in [0.3, 0.4) is 0 Å². The Morgan fingerprint density at radius 1 is 1.73 bits per heavy atom. The number of carboxylic acid groups (broad SMARTS) is 1. The standard InChI is InChI=1S/C9H12O2/c1-7-4-3-5-9(2,6-7)8(10)11/h3,5-6H,4H2,1-2H3,(H,10,11). The molecular weight excluding hydrogens is 140 g/mol. The molecule has 1 aliphatic rings. The molecule has 0 amide bonds. The van der Waals surface area contributed by atoms with E-state index in [1.165, 1.54) is 0 Å². The summed E-state index contributed by atoms with van der Waals surface area (Å²) in [5.41, 5.74) is 0.347. The molecule has 1 unspecified atom stereocenters. The minimum atomic E-state index is -0.784. The van der Waals surface area contributed by atoms with Gasteiger partial charge in [-0.1, -0.05) is 23.8 Å². The topological polar surface area (TPSA) is 37.3 Å². The van der Waals surface area contributed by atoms with E-state index >= 15 is 0 Å². The number of carbonyl (C=O) groups is 1. The van der Waals surface area contributed by atoms with Crippen molar-refractivity contribution < 1.29 is 9.90 Å². The van der Waals surface area contributed by atoms with Crippen LogP contribution in [0.4, 0.5) is 0 Å². The normalized spacial score (nSPS) is 29.8. The van der Waals surface area contributed by atoms with E-state index < -0.39 is 11.4 Å². The highest BCUT2D eigenvalue weighted by molar-refractivity contribution is 5.79. The highest BCUT2D eigenvalue weighted by Crippen LogP contribution is 2.27. The molecule has 0 heterocycles. The molecule has 0 aromatic carbocycles. The van der Waals surface area contributed by atoms with Crippen LogP contribution in [0.2, 0.25) is 0 Å². The Hall–Kier alpha value is -1.05. The van der Waals surface area contributed by atoms with Gasteiger partial charge >= 0.3 is 5.97 Å². The summed E-state index contributed by atoms with van der Waals surface area (Å²) < 4.78 is 0. The van der Waals surface area contributed by atoms with E-state index in [1.54, 1.807) is 19.1 Å². The molecule has 0 fully saturated rings. The highest BCUT2D eigenvalue weighted by Gasteiger charge is 2.28. The fraction of sp³-hybridized carbons (Fsp3) is 0.444. The van der Waals surface area contributed by atoms with Gasteiger partial charge < -0.3 is 5.11 Å². The van der Waals surface area contributed by atoms with Crippen LogP contribution in [-0.4, -0.2) is 11.1 Å². The lowest BCUT2D eigenvalue weighted by molar-refractivity contribution is -0.142. The predicted molar refractivity (Wildman–Crippen MR) is 43.3 cm³/mol. The molecule has 2 nitrogen and oxygen atoms in total. The summed E-state index contributed by atoms with van der Waals surface area (Å²) in [6.45, 7) is 3.65. The van der Waals surface area contributed by atoms with Gasteiger partial charge in [0.15, 0.2) is 0 Å². The molecule has 0 aromatic rings. The van der Waals surface area contributed by atoms with E-state index in [1.807, 2.05) is 13.0 Å².